The van der Waals surface area contributed by atoms with Crippen LogP contribution in [0.25, 0.3) is 0 Å². The Labute approximate surface area is 98.3 Å². The van der Waals surface area contributed by atoms with Gasteiger partial charge in [0.1, 0.15) is 11.9 Å². The first-order valence-electron chi connectivity index (χ1n) is 5.08. The van der Waals surface area contributed by atoms with Crippen LogP contribution < -0.4 is 5.32 Å². The number of nitrogens with zero attached hydrogens (tertiary/aromatic N) is 4. The fourth-order valence-corrected chi connectivity index (χ4v) is 1.54. The van der Waals surface area contributed by atoms with Crippen LogP contribution in [0.2, 0.25) is 0 Å². The Bertz CT molecular complexity index is 556. The van der Waals surface area contributed by atoms with E-state index in [4.69, 9.17) is 5.26 Å². The van der Waals surface area contributed by atoms with Crippen molar-refractivity contribution >= 4 is 5.82 Å². The van der Waals surface area contributed by atoms with E-state index in [1.54, 1.807) is 0 Å². The summed E-state index contributed by atoms with van der Waals surface area (Å²) in [4.78, 5) is 8.17. The van der Waals surface area contributed by atoms with Crippen molar-refractivity contribution in [1.82, 2.24) is 15.1 Å². The molecule has 0 fully saturated rings. The lowest BCUT2D eigenvalue weighted by Gasteiger charge is -2.08. The van der Waals surface area contributed by atoms with Crippen LogP contribution in [0.4, 0.5) is 5.82 Å². The van der Waals surface area contributed by atoms with Crippen LogP contribution in [-0.2, 0) is 6.54 Å². The smallest absolute Gasteiger partial charge is 0.213 e. The normalized spacial score (nSPS) is 9.94. The van der Waals surface area contributed by atoms with Gasteiger partial charge in [-0.3, -0.25) is 0 Å². The standard InChI is InChI=1S/C11H11N5O/c1-7-3-8(2)15-11(9(7)4-12)13-5-10-14-6-17-16-10/h3,6H,5H2,1-2H3,(H,13,15). The van der Waals surface area contributed by atoms with Crippen molar-refractivity contribution in [3.8, 4) is 6.07 Å². The molecule has 0 radical (unpaired) electrons. The fraction of sp³-hybridized carbons (Fsp3) is 0.273. The molecule has 0 saturated carbocycles. The molecule has 1 N–H and O–H groups in total. The van der Waals surface area contributed by atoms with Crippen molar-refractivity contribution in [2.45, 2.75) is 20.4 Å². The minimum absolute atomic E-state index is 0.376. The first-order valence-corrected chi connectivity index (χ1v) is 5.08. The third kappa shape index (κ3) is 2.39. The SMILES string of the molecule is Cc1cc(C)c(C#N)c(NCc2ncon2)n1. The minimum atomic E-state index is 0.376. The van der Waals surface area contributed by atoms with Crippen molar-refractivity contribution < 1.29 is 4.52 Å². The van der Waals surface area contributed by atoms with E-state index in [0.717, 1.165) is 11.3 Å². The molecule has 0 atom stereocenters. The topological polar surface area (TPSA) is 87.6 Å². The summed E-state index contributed by atoms with van der Waals surface area (Å²) >= 11 is 0. The van der Waals surface area contributed by atoms with Crippen molar-refractivity contribution in [3.05, 3.63) is 35.1 Å². The number of rotatable bonds is 3. The summed E-state index contributed by atoms with van der Waals surface area (Å²) in [7, 11) is 0. The maximum atomic E-state index is 9.07. The van der Waals surface area contributed by atoms with Crippen molar-refractivity contribution in [2.24, 2.45) is 0 Å². The van der Waals surface area contributed by atoms with E-state index < -0.39 is 0 Å². The zero-order chi connectivity index (χ0) is 12.3. The predicted octanol–water partition coefficient (Wildman–Crippen LogP) is 1.57. The van der Waals surface area contributed by atoms with Gasteiger partial charge in [-0.2, -0.15) is 10.2 Å². The molecule has 0 amide bonds. The van der Waals surface area contributed by atoms with Crippen LogP contribution in [0.15, 0.2) is 17.0 Å². The van der Waals surface area contributed by atoms with E-state index in [1.807, 2.05) is 19.9 Å². The molecule has 0 unspecified atom stereocenters. The van der Waals surface area contributed by atoms with E-state index in [0.29, 0.717) is 23.8 Å². The molecule has 17 heavy (non-hydrogen) atoms. The highest BCUT2D eigenvalue weighted by molar-refractivity contribution is 5.56. The molecular formula is C11H11N5O. The number of hydrogen-bond acceptors (Lipinski definition) is 6. The van der Waals surface area contributed by atoms with Crippen molar-refractivity contribution in [3.63, 3.8) is 0 Å². The predicted molar refractivity (Wildman–Crippen MR) is 60.1 cm³/mol. The summed E-state index contributed by atoms with van der Waals surface area (Å²) < 4.78 is 4.62. The maximum Gasteiger partial charge on any atom is 0.213 e. The Morgan fingerprint density at radius 2 is 2.29 bits per heavy atom. The lowest BCUT2D eigenvalue weighted by Crippen LogP contribution is -2.06. The molecule has 2 rings (SSSR count). The molecule has 6 nitrogen and oxygen atoms in total. The highest BCUT2D eigenvalue weighted by Crippen LogP contribution is 2.17. The molecule has 86 valence electrons. The van der Waals surface area contributed by atoms with E-state index >= 15 is 0 Å². The van der Waals surface area contributed by atoms with E-state index in [2.05, 4.69) is 31.0 Å². The summed E-state index contributed by atoms with van der Waals surface area (Å²) in [5.41, 5.74) is 2.30. The Balaban J connectivity index is 2.23. The molecule has 0 saturated heterocycles. The molecule has 6 heteroatoms. The molecular weight excluding hydrogens is 218 g/mol. The summed E-state index contributed by atoms with van der Waals surface area (Å²) in [6.45, 7) is 4.14. The number of nitrogens with one attached hydrogen (secondary N) is 1. The number of anilines is 1. The van der Waals surface area contributed by atoms with E-state index in [1.165, 1.54) is 6.39 Å². The molecule has 0 aliphatic heterocycles. The van der Waals surface area contributed by atoms with Gasteiger partial charge in [-0.15, -0.1) is 0 Å². The zero-order valence-electron chi connectivity index (χ0n) is 9.56. The summed E-state index contributed by atoms with van der Waals surface area (Å²) in [5, 5.41) is 15.8. The molecule has 0 bridgehead atoms. The number of nitriles is 1. The largest absolute Gasteiger partial charge is 0.362 e. The van der Waals surface area contributed by atoms with Gasteiger partial charge >= 0.3 is 0 Å². The Hall–Kier alpha value is -2.42. The summed E-state index contributed by atoms with van der Waals surface area (Å²) in [6, 6.07) is 4.01. The molecule has 0 aromatic carbocycles. The monoisotopic (exact) mass is 229 g/mol. The van der Waals surface area contributed by atoms with Gasteiger partial charge in [-0.05, 0) is 25.5 Å². The number of aromatic nitrogens is 3. The third-order valence-corrected chi connectivity index (χ3v) is 2.28. The Morgan fingerprint density at radius 1 is 1.47 bits per heavy atom. The van der Waals surface area contributed by atoms with Crippen LogP contribution in [0, 0.1) is 25.2 Å². The van der Waals surface area contributed by atoms with Crippen molar-refractivity contribution in [1.29, 1.82) is 5.26 Å². The average molecular weight is 229 g/mol. The zero-order valence-corrected chi connectivity index (χ0v) is 9.56. The Kier molecular flexibility index (Phi) is 3.01. The van der Waals surface area contributed by atoms with Gasteiger partial charge in [-0.25, -0.2) is 4.98 Å². The number of aryl methyl sites for hydroxylation is 2. The van der Waals surface area contributed by atoms with E-state index in [9.17, 15) is 0 Å². The first-order chi connectivity index (χ1) is 8.20. The second-order valence-corrected chi connectivity index (χ2v) is 3.62. The lowest BCUT2D eigenvalue weighted by atomic mass is 10.1. The first kappa shape index (κ1) is 11.1. The van der Waals surface area contributed by atoms with E-state index in [-0.39, 0.29) is 0 Å². The quantitative estimate of drug-likeness (QED) is 0.859. The van der Waals surface area contributed by atoms with Crippen LogP contribution in [0.3, 0.4) is 0 Å². The number of hydrogen-bond donors (Lipinski definition) is 1. The van der Waals surface area contributed by atoms with Crippen molar-refractivity contribution in [2.75, 3.05) is 5.32 Å². The second kappa shape index (κ2) is 4.61. The van der Waals surface area contributed by atoms with Gasteiger partial charge in [-0.1, -0.05) is 5.16 Å². The van der Waals surface area contributed by atoms with Crippen LogP contribution in [0.5, 0.6) is 0 Å². The van der Waals surface area contributed by atoms with Crippen LogP contribution >= 0.6 is 0 Å². The molecule has 0 aliphatic carbocycles. The molecule has 0 aliphatic rings. The molecule has 2 aromatic heterocycles. The summed E-state index contributed by atoms with van der Waals surface area (Å²) in [5.74, 6) is 1.07. The van der Waals surface area contributed by atoms with Gasteiger partial charge in [0.2, 0.25) is 6.39 Å². The molecule has 0 spiro atoms. The third-order valence-electron chi connectivity index (χ3n) is 2.28. The minimum Gasteiger partial charge on any atom is -0.362 e. The van der Waals surface area contributed by atoms with Crippen LogP contribution in [-0.4, -0.2) is 15.1 Å². The Morgan fingerprint density at radius 3 is 2.94 bits per heavy atom. The van der Waals surface area contributed by atoms with Gasteiger partial charge in [0, 0.05) is 5.69 Å². The van der Waals surface area contributed by atoms with Gasteiger partial charge in [0.25, 0.3) is 0 Å². The second-order valence-electron chi connectivity index (χ2n) is 3.62. The molecule has 2 heterocycles. The summed E-state index contributed by atoms with van der Waals surface area (Å²) in [6.07, 6.45) is 1.26. The average Bonchev–Trinajstić information content (AvgIpc) is 2.78. The fourth-order valence-electron chi connectivity index (χ4n) is 1.54. The van der Waals surface area contributed by atoms with Gasteiger partial charge < -0.3 is 9.84 Å². The molecule has 2 aromatic rings. The van der Waals surface area contributed by atoms with Crippen LogP contribution in [0.1, 0.15) is 22.6 Å². The maximum absolute atomic E-state index is 9.07. The number of pyridine rings is 1. The van der Waals surface area contributed by atoms with Gasteiger partial charge in [0.05, 0.1) is 12.1 Å². The highest BCUT2D eigenvalue weighted by Gasteiger charge is 2.08. The lowest BCUT2D eigenvalue weighted by molar-refractivity contribution is 0.411. The highest BCUT2D eigenvalue weighted by atomic mass is 16.5. The van der Waals surface area contributed by atoms with Gasteiger partial charge in [0.15, 0.2) is 5.82 Å².